The van der Waals surface area contributed by atoms with Crippen LogP contribution in [0.3, 0.4) is 0 Å². The van der Waals surface area contributed by atoms with E-state index in [0.29, 0.717) is 28.8 Å². The number of aryl methyl sites for hydroxylation is 1. The number of amides is 1. The van der Waals surface area contributed by atoms with Crippen molar-refractivity contribution < 1.29 is 19.0 Å². The molecule has 4 aromatic carbocycles. The van der Waals surface area contributed by atoms with Gasteiger partial charge in [-0.2, -0.15) is 0 Å². The maximum absolute atomic E-state index is 12.5. The molecule has 0 aliphatic heterocycles. The number of anilines is 1. The van der Waals surface area contributed by atoms with Gasteiger partial charge in [0.05, 0.1) is 15.9 Å². The Morgan fingerprint density at radius 1 is 0.974 bits per heavy atom. The van der Waals surface area contributed by atoms with Crippen LogP contribution in [0.15, 0.2) is 89.9 Å². The van der Waals surface area contributed by atoms with Gasteiger partial charge in [-0.25, -0.2) is 0 Å². The Morgan fingerprint density at radius 2 is 1.71 bits per heavy atom. The number of aliphatic imine (C=N–C) groups is 1. The quantitative estimate of drug-likeness (QED) is 0.140. The lowest BCUT2D eigenvalue weighted by Crippen LogP contribution is -2.20. The van der Waals surface area contributed by atoms with E-state index in [1.54, 1.807) is 18.3 Å². The fourth-order valence-electron chi connectivity index (χ4n) is 3.44. The Morgan fingerprint density at radius 3 is 2.42 bits per heavy atom. The van der Waals surface area contributed by atoms with Crippen molar-refractivity contribution in [3.8, 4) is 23.0 Å². The van der Waals surface area contributed by atoms with Crippen molar-refractivity contribution in [1.82, 2.24) is 0 Å². The first-order valence-corrected chi connectivity index (χ1v) is 13.4. The van der Waals surface area contributed by atoms with Gasteiger partial charge in [0.25, 0.3) is 5.91 Å². The number of carbonyl (C=O) groups excluding carboxylic acids is 1. The van der Waals surface area contributed by atoms with Gasteiger partial charge in [-0.3, -0.25) is 9.79 Å². The van der Waals surface area contributed by atoms with Crippen LogP contribution < -0.4 is 19.5 Å². The van der Waals surface area contributed by atoms with Gasteiger partial charge in [-0.05, 0) is 108 Å². The number of nitrogens with zero attached hydrogens (tertiary/aromatic N) is 1. The van der Waals surface area contributed by atoms with Crippen molar-refractivity contribution >= 4 is 57.7 Å². The van der Waals surface area contributed by atoms with Gasteiger partial charge in [0.15, 0.2) is 18.1 Å². The summed E-state index contributed by atoms with van der Waals surface area (Å²) in [6.45, 7) is 4.07. The number of para-hydroxylation sites is 1. The zero-order valence-corrected chi connectivity index (χ0v) is 23.8. The topological polar surface area (TPSA) is 69.1 Å². The van der Waals surface area contributed by atoms with Crippen molar-refractivity contribution in [3.05, 3.63) is 105 Å². The maximum atomic E-state index is 12.5. The first-order valence-electron chi connectivity index (χ1n) is 11.9. The summed E-state index contributed by atoms with van der Waals surface area (Å²) in [4.78, 5) is 17.0. The summed E-state index contributed by atoms with van der Waals surface area (Å²) in [6, 6.07) is 26.3. The summed E-state index contributed by atoms with van der Waals surface area (Å²) in [5, 5.41) is 3.39. The standard InChI is InChI=1S/C30H26ClIN2O4/c1-3-36-28-16-21(18-33-22-11-13-25(14-12-22)38-24-7-5-4-6-8-24)15-27(32)30(28)37-19-29(35)34-23-10-9-20(2)26(31)17-23/h4-18H,3,19H2,1-2H3,(H,34,35). The third-order valence-corrected chi connectivity index (χ3v) is 6.52. The minimum Gasteiger partial charge on any atom is -0.490 e. The molecule has 0 saturated carbocycles. The molecule has 0 spiro atoms. The van der Waals surface area contributed by atoms with Crippen LogP contribution in [0.4, 0.5) is 11.4 Å². The predicted molar refractivity (Wildman–Crippen MR) is 161 cm³/mol. The molecule has 6 nitrogen and oxygen atoms in total. The number of rotatable bonds is 10. The molecule has 8 heteroatoms. The lowest BCUT2D eigenvalue weighted by molar-refractivity contribution is -0.118. The van der Waals surface area contributed by atoms with Gasteiger partial charge < -0.3 is 19.5 Å². The summed E-state index contributed by atoms with van der Waals surface area (Å²) in [7, 11) is 0. The smallest absolute Gasteiger partial charge is 0.262 e. The van der Waals surface area contributed by atoms with E-state index >= 15 is 0 Å². The summed E-state index contributed by atoms with van der Waals surface area (Å²) < 4.78 is 18.3. The van der Waals surface area contributed by atoms with Crippen LogP contribution >= 0.6 is 34.2 Å². The number of hydrogen-bond donors (Lipinski definition) is 1. The van der Waals surface area contributed by atoms with E-state index in [1.807, 2.05) is 86.6 Å². The van der Waals surface area contributed by atoms with Crippen molar-refractivity contribution in [2.75, 3.05) is 18.5 Å². The molecule has 194 valence electrons. The van der Waals surface area contributed by atoms with Crippen molar-refractivity contribution in [1.29, 1.82) is 0 Å². The first-order chi connectivity index (χ1) is 18.4. The second kappa shape index (κ2) is 13.3. The second-order valence-electron chi connectivity index (χ2n) is 8.23. The Bertz CT molecular complexity index is 1430. The van der Waals surface area contributed by atoms with E-state index in [0.717, 1.165) is 31.9 Å². The lowest BCUT2D eigenvalue weighted by Gasteiger charge is -2.15. The second-order valence-corrected chi connectivity index (χ2v) is 9.80. The van der Waals surface area contributed by atoms with E-state index in [-0.39, 0.29) is 12.5 Å². The SMILES string of the molecule is CCOc1cc(C=Nc2ccc(Oc3ccccc3)cc2)cc(I)c1OCC(=O)Nc1ccc(C)c(Cl)c1. The van der Waals surface area contributed by atoms with Crippen LogP contribution in [0.2, 0.25) is 5.02 Å². The van der Waals surface area contributed by atoms with Gasteiger partial charge in [-0.1, -0.05) is 35.9 Å². The van der Waals surface area contributed by atoms with Crippen LogP contribution in [0.25, 0.3) is 0 Å². The molecule has 0 unspecified atom stereocenters. The average Bonchev–Trinajstić information content (AvgIpc) is 2.91. The van der Waals surface area contributed by atoms with Crippen LogP contribution in [0.5, 0.6) is 23.0 Å². The first kappa shape index (κ1) is 27.5. The summed E-state index contributed by atoms with van der Waals surface area (Å²) in [5.41, 5.74) is 3.18. The van der Waals surface area contributed by atoms with Crippen LogP contribution in [-0.2, 0) is 4.79 Å². The molecule has 0 aromatic heterocycles. The highest BCUT2D eigenvalue weighted by molar-refractivity contribution is 14.1. The fraction of sp³-hybridized carbons (Fsp3) is 0.133. The van der Waals surface area contributed by atoms with Crippen LogP contribution in [-0.4, -0.2) is 25.3 Å². The normalized spacial score (nSPS) is 10.8. The minimum atomic E-state index is -0.298. The zero-order chi connectivity index (χ0) is 26.9. The number of nitrogens with one attached hydrogen (secondary N) is 1. The Balaban J connectivity index is 1.41. The minimum absolute atomic E-state index is 0.174. The van der Waals surface area contributed by atoms with E-state index in [4.69, 9.17) is 25.8 Å². The van der Waals surface area contributed by atoms with Crippen molar-refractivity contribution in [3.63, 3.8) is 0 Å². The highest BCUT2D eigenvalue weighted by Gasteiger charge is 2.14. The Hall–Kier alpha value is -3.56. The molecule has 38 heavy (non-hydrogen) atoms. The van der Waals surface area contributed by atoms with E-state index in [1.165, 1.54) is 0 Å². The monoisotopic (exact) mass is 640 g/mol. The summed E-state index contributed by atoms with van der Waals surface area (Å²) in [5.74, 6) is 2.26. The van der Waals surface area contributed by atoms with Crippen molar-refractivity contribution in [2.45, 2.75) is 13.8 Å². The summed E-state index contributed by atoms with van der Waals surface area (Å²) >= 11 is 8.31. The lowest BCUT2D eigenvalue weighted by atomic mass is 10.2. The molecular weight excluding hydrogens is 615 g/mol. The maximum Gasteiger partial charge on any atom is 0.262 e. The number of halogens is 2. The third kappa shape index (κ3) is 7.72. The number of carbonyl (C=O) groups is 1. The molecule has 0 atom stereocenters. The van der Waals surface area contributed by atoms with Gasteiger partial charge >= 0.3 is 0 Å². The van der Waals surface area contributed by atoms with Gasteiger partial charge in [-0.15, -0.1) is 0 Å². The predicted octanol–water partition coefficient (Wildman–Crippen LogP) is 8.21. The van der Waals surface area contributed by atoms with Crippen LogP contribution in [0.1, 0.15) is 18.1 Å². The molecule has 4 rings (SSSR count). The molecule has 0 heterocycles. The zero-order valence-electron chi connectivity index (χ0n) is 20.9. The largest absolute Gasteiger partial charge is 0.490 e. The van der Waals surface area contributed by atoms with E-state index in [9.17, 15) is 4.79 Å². The van der Waals surface area contributed by atoms with Crippen LogP contribution in [0, 0.1) is 10.5 Å². The number of hydrogen-bond acceptors (Lipinski definition) is 5. The number of benzene rings is 4. The molecule has 4 aromatic rings. The molecule has 0 aliphatic rings. The molecular formula is C30H26ClIN2O4. The number of ether oxygens (including phenoxy) is 3. The molecule has 0 fully saturated rings. The van der Waals surface area contributed by atoms with E-state index in [2.05, 4.69) is 32.9 Å². The Kier molecular flexibility index (Phi) is 9.62. The summed E-state index contributed by atoms with van der Waals surface area (Å²) in [6.07, 6.45) is 1.76. The molecule has 0 radical (unpaired) electrons. The van der Waals surface area contributed by atoms with Crippen molar-refractivity contribution in [2.24, 2.45) is 4.99 Å². The average molecular weight is 641 g/mol. The van der Waals surface area contributed by atoms with Gasteiger partial charge in [0, 0.05) is 16.9 Å². The molecule has 1 amide bonds. The Labute approximate surface area is 240 Å². The van der Waals surface area contributed by atoms with Gasteiger partial charge in [0.2, 0.25) is 0 Å². The fourth-order valence-corrected chi connectivity index (χ4v) is 4.41. The van der Waals surface area contributed by atoms with E-state index < -0.39 is 0 Å². The highest BCUT2D eigenvalue weighted by Crippen LogP contribution is 2.34. The highest BCUT2D eigenvalue weighted by atomic mass is 127. The van der Waals surface area contributed by atoms with Gasteiger partial charge in [0.1, 0.15) is 11.5 Å². The molecule has 0 bridgehead atoms. The molecule has 1 N–H and O–H groups in total. The third-order valence-electron chi connectivity index (χ3n) is 5.31. The molecule has 0 saturated heterocycles. The molecule has 0 aliphatic carbocycles.